The van der Waals surface area contributed by atoms with E-state index in [0.29, 0.717) is 11.6 Å². The molecule has 26 heavy (non-hydrogen) atoms. The van der Waals surface area contributed by atoms with Gasteiger partial charge in [0.1, 0.15) is 11.5 Å². The SMILES string of the molecule is CCCc1nc(C(=O)N2CCC[C@H](c3nccn3CCN(C)C)C2)cs1. The average Bonchev–Trinajstić information content (AvgIpc) is 3.29. The number of hydrogen-bond donors (Lipinski definition) is 0. The molecule has 0 N–H and O–H groups in total. The molecule has 0 bridgehead atoms. The quantitative estimate of drug-likeness (QED) is 0.747. The molecule has 0 aromatic carbocycles. The van der Waals surface area contributed by atoms with Crippen molar-refractivity contribution in [3.8, 4) is 0 Å². The van der Waals surface area contributed by atoms with Crippen LogP contribution in [-0.4, -0.2) is 64.0 Å². The Hall–Kier alpha value is -1.73. The van der Waals surface area contributed by atoms with Gasteiger partial charge in [0, 0.05) is 49.9 Å². The van der Waals surface area contributed by atoms with E-state index in [9.17, 15) is 4.79 Å². The van der Waals surface area contributed by atoms with Crippen LogP contribution in [-0.2, 0) is 13.0 Å². The van der Waals surface area contributed by atoms with Crippen molar-refractivity contribution in [1.82, 2.24) is 24.3 Å². The summed E-state index contributed by atoms with van der Waals surface area (Å²) in [4.78, 5) is 26.1. The van der Waals surface area contributed by atoms with Crippen LogP contribution in [0.2, 0.25) is 0 Å². The average molecular weight is 376 g/mol. The number of piperidine rings is 1. The van der Waals surface area contributed by atoms with Crippen LogP contribution >= 0.6 is 11.3 Å². The highest BCUT2D eigenvalue weighted by Gasteiger charge is 2.29. The first-order chi connectivity index (χ1) is 12.6. The Morgan fingerprint density at radius 1 is 1.42 bits per heavy atom. The normalized spacial score (nSPS) is 17.8. The van der Waals surface area contributed by atoms with Gasteiger partial charge in [-0.15, -0.1) is 11.3 Å². The van der Waals surface area contributed by atoms with Gasteiger partial charge in [0.05, 0.1) is 5.01 Å². The first-order valence-electron chi connectivity index (χ1n) is 9.48. The maximum Gasteiger partial charge on any atom is 0.273 e. The number of carbonyl (C=O) groups excluding carboxylic acids is 1. The van der Waals surface area contributed by atoms with Gasteiger partial charge in [-0.2, -0.15) is 0 Å². The monoisotopic (exact) mass is 375 g/mol. The predicted molar refractivity (Wildman–Crippen MR) is 105 cm³/mol. The van der Waals surface area contributed by atoms with Gasteiger partial charge in [-0.25, -0.2) is 9.97 Å². The number of likely N-dealkylation sites (tertiary alicyclic amines) is 1. The Morgan fingerprint density at radius 3 is 3.04 bits per heavy atom. The summed E-state index contributed by atoms with van der Waals surface area (Å²) in [5.41, 5.74) is 0.607. The minimum Gasteiger partial charge on any atom is -0.337 e. The molecule has 1 fully saturated rings. The molecule has 0 saturated carbocycles. The lowest BCUT2D eigenvalue weighted by Crippen LogP contribution is -2.40. The number of aromatic nitrogens is 3. The van der Waals surface area contributed by atoms with Gasteiger partial charge in [-0.3, -0.25) is 4.79 Å². The van der Waals surface area contributed by atoms with E-state index in [4.69, 9.17) is 0 Å². The first-order valence-corrected chi connectivity index (χ1v) is 10.4. The molecule has 3 heterocycles. The number of aryl methyl sites for hydroxylation is 1. The number of likely N-dealkylation sites (N-methyl/N-ethyl adjacent to an activating group) is 1. The van der Waals surface area contributed by atoms with E-state index in [1.165, 1.54) is 0 Å². The smallest absolute Gasteiger partial charge is 0.273 e. The molecular formula is C19H29N5OS. The zero-order valence-corrected chi connectivity index (χ0v) is 16.8. The van der Waals surface area contributed by atoms with Crippen molar-refractivity contribution in [2.75, 3.05) is 33.7 Å². The van der Waals surface area contributed by atoms with Gasteiger partial charge in [0.2, 0.25) is 0 Å². The van der Waals surface area contributed by atoms with Crippen molar-refractivity contribution in [3.05, 3.63) is 34.3 Å². The van der Waals surface area contributed by atoms with Gasteiger partial charge >= 0.3 is 0 Å². The molecule has 6 nitrogen and oxygen atoms in total. The fourth-order valence-electron chi connectivity index (χ4n) is 3.45. The van der Waals surface area contributed by atoms with Gasteiger partial charge in [0.25, 0.3) is 5.91 Å². The maximum atomic E-state index is 12.9. The topological polar surface area (TPSA) is 54.3 Å². The van der Waals surface area contributed by atoms with Crippen LogP contribution in [0.15, 0.2) is 17.8 Å². The van der Waals surface area contributed by atoms with Crippen LogP contribution in [0.25, 0.3) is 0 Å². The lowest BCUT2D eigenvalue weighted by atomic mass is 9.97. The number of amides is 1. The third kappa shape index (κ3) is 4.51. The molecule has 1 amide bonds. The zero-order valence-electron chi connectivity index (χ0n) is 16.0. The molecule has 0 radical (unpaired) electrons. The number of rotatable bonds is 7. The Kier molecular flexibility index (Phi) is 6.43. The molecule has 1 saturated heterocycles. The third-order valence-electron chi connectivity index (χ3n) is 4.84. The highest BCUT2D eigenvalue weighted by molar-refractivity contribution is 7.09. The summed E-state index contributed by atoms with van der Waals surface area (Å²) in [7, 11) is 4.16. The molecule has 0 spiro atoms. The number of nitrogens with zero attached hydrogens (tertiary/aromatic N) is 5. The van der Waals surface area contributed by atoms with Crippen LogP contribution in [0.4, 0.5) is 0 Å². The number of thiazole rings is 1. The second-order valence-electron chi connectivity index (χ2n) is 7.25. The van der Waals surface area contributed by atoms with E-state index in [1.807, 2.05) is 16.5 Å². The third-order valence-corrected chi connectivity index (χ3v) is 5.75. The van der Waals surface area contributed by atoms with E-state index in [1.54, 1.807) is 11.3 Å². The first kappa shape index (κ1) is 19.0. The number of hydrogen-bond acceptors (Lipinski definition) is 5. The van der Waals surface area contributed by atoms with Gasteiger partial charge < -0.3 is 14.4 Å². The summed E-state index contributed by atoms with van der Waals surface area (Å²) in [6.45, 7) is 5.60. The van der Waals surface area contributed by atoms with Crippen LogP contribution in [0.3, 0.4) is 0 Å². The van der Waals surface area contributed by atoms with Gasteiger partial charge in [0.15, 0.2) is 0 Å². The Bertz CT molecular complexity index is 723. The van der Waals surface area contributed by atoms with Gasteiger partial charge in [-0.05, 0) is 39.8 Å². The van der Waals surface area contributed by atoms with E-state index in [0.717, 1.165) is 62.7 Å². The van der Waals surface area contributed by atoms with Gasteiger partial charge in [-0.1, -0.05) is 6.92 Å². The van der Waals surface area contributed by atoms with Crippen LogP contribution in [0, 0.1) is 0 Å². The lowest BCUT2D eigenvalue weighted by Gasteiger charge is -2.32. The summed E-state index contributed by atoms with van der Waals surface area (Å²) in [6.07, 6.45) is 8.04. The molecule has 1 aliphatic rings. The lowest BCUT2D eigenvalue weighted by molar-refractivity contribution is 0.0698. The highest BCUT2D eigenvalue weighted by Crippen LogP contribution is 2.27. The summed E-state index contributed by atoms with van der Waals surface area (Å²) in [6, 6.07) is 0. The van der Waals surface area contributed by atoms with Crippen molar-refractivity contribution < 1.29 is 4.79 Å². The number of imidazole rings is 1. The zero-order chi connectivity index (χ0) is 18.5. The second-order valence-corrected chi connectivity index (χ2v) is 8.19. The summed E-state index contributed by atoms with van der Waals surface area (Å²) in [5, 5.41) is 2.97. The minimum absolute atomic E-state index is 0.0692. The number of carbonyl (C=O) groups is 1. The Balaban J connectivity index is 1.67. The second kappa shape index (κ2) is 8.77. The molecule has 2 aromatic rings. The Morgan fingerprint density at radius 2 is 2.27 bits per heavy atom. The van der Waals surface area contributed by atoms with Crippen molar-refractivity contribution in [2.24, 2.45) is 0 Å². The molecule has 7 heteroatoms. The molecule has 1 aliphatic heterocycles. The molecule has 142 valence electrons. The highest BCUT2D eigenvalue weighted by atomic mass is 32.1. The standard InChI is InChI=1S/C19H29N5OS/c1-4-6-17-21-16(14-26-17)19(25)24-9-5-7-15(13-24)18-20-8-10-23(18)12-11-22(2)3/h8,10,14-15H,4-7,9,11-13H2,1-3H3/t15-/m0/s1. The van der Waals surface area contributed by atoms with Crippen molar-refractivity contribution in [3.63, 3.8) is 0 Å². The molecule has 0 unspecified atom stereocenters. The van der Waals surface area contributed by atoms with Crippen LogP contribution in [0.1, 0.15) is 53.4 Å². The largest absolute Gasteiger partial charge is 0.337 e. The minimum atomic E-state index is 0.0692. The van der Waals surface area contributed by atoms with E-state index in [2.05, 4.69) is 46.7 Å². The molecule has 1 atom stereocenters. The summed E-state index contributed by atoms with van der Waals surface area (Å²) >= 11 is 1.60. The van der Waals surface area contributed by atoms with E-state index < -0.39 is 0 Å². The molecule has 2 aromatic heterocycles. The van der Waals surface area contributed by atoms with Crippen molar-refractivity contribution in [2.45, 2.75) is 45.1 Å². The fourth-order valence-corrected chi connectivity index (χ4v) is 4.32. The molecule has 0 aliphatic carbocycles. The van der Waals surface area contributed by atoms with Crippen molar-refractivity contribution >= 4 is 17.2 Å². The van der Waals surface area contributed by atoms with Crippen molar-refractivity contribution in [1.29, 1.82) is 0 Å². The predicted octanol–water partition coefficient (Wildman–Crippen LogP) is 2.87. The summed E-state index contributed by atoms with van der Waals surface area (Å²) < 4.78 is 2.24. The fraction of sp³-hybridized carbons (Fsp3) is 0.632. The maximum absolute atomic E-state index is 12.9. The van der Waals surface area contributed by atoms with E-state index >= 15 is 0 Å². The van der Waals surface area contributed by atoms with Crippen LogP contribution < -0.4 is 0 Å². The summed E-state index contributed by atoms with van der Waals surface area (Å²) in [5.74, 6) is 1.48. The Labute approximate surface area is 159 Å². The van der Waals surface area contributed by atoms with E-state index in [-0.39, 0.29) is 5.91 Å². The molecular weight excluding hydrogens is 346 g/mol. The molecule has 3 rings (SSSR count). The van der Waals surface area contributed by atoms with Crippen LogP contribution in [0.5, 0.6) is 0 Å².